The largest absolute Gasteiger partial charge is 0.396 e. The first-order chi connectivity index (χ1) is 8.77. The fourth-order valence-electron chi connectivity index (χ4n) is 2.57. The van der Waals surface area contributed by atoms with Crippen molar-refractivity contribution in [1.29, 1.82) is 0 Å². The van der Waals surface area contributed by atoms with Crippen LogP contribution in [-0.2, 0) is 4.74 Å². The van der Waals surface area contributed by atoms with Gasteiger partial charge in [0.1, 0.15) is 0 Å². The van der Waals surface area contributed by atoms with E-state index in [0.29, 0.717) is 19.2 Å². The molecule has 0 radical (unpaired) electrons. The van der Waals surface area contributed by atoms with Crippen LogP contribution in [0.2, 0.25) is 0 Å². The smallest absolute Gasteiger partial charge is 0.0900 e. The third-order valence-corrected chi connectivity index (χ3v) is 3.61. The zero-order valence-corrected chi connectivity index (χ0v) is 11.7. The highest BCUT2D eigenvalue weighted by molar-refractivity contribution is 4.78. The lowest BCUT2D eigenvalue weighted by atomic mass is 9.99. The molecule has 4 nitrogen and oxygen atoms in total. The van der Waals surface area contributed by atoms with Crippen LogP contribution in [-0.4, -0.2) is 60.2 Å². The van der Waals surface area contributed by atoms with Gasteiger partial charge in [0.2, 0.25) is 0 Å². The molecular formula is C14H29NO3. The van der Waals surface area contributed by atoms with Gasteiger partial charge in [0.25, 0.3) is 0 Å². The van der Waals surface area contributed by atoms with Crippen molar-refractivity contribution in [3.05, 3.63) is 0 Å². The second-order valence-corrected chi connectivity index (χ2v) is 5.24. The minimum absolute atomic E-state index is 0.240. The Bertz CT molecular complexity index is 199. The van der Waals surface area contributed by atoms with E-state index in [9.17, 15) is 5.11 Å². The highest BCUT2D eigenvalue weighted by Gasteiger charge is 2.23. The molecule has 1 aliphatic rings. The summed E-state index contributed by atoms with van der Waals surface area (Å²) >= 11 is 0. The Morgan fingerprint density at radius 1 is 1.39 bits per heavy atom. The maximum absolute atomic E-state index is 9.96. The van der Waals surface area contributed by atoms with Crippen molar-refractivity contribution in [2.75, 3.05) is 32.9 Å². The predicted molar refractivity (Wildman–Crippen MR) is 72.6 cm³/mol. The van der Waals surface area contributed by atoms with Gasteiger partial charge in [-0.15, -0.1) is 0 Å². The predicted octanol–water partition coefficient (Wildman–Crippen LogP) is 1.40. The van der Waals surface area contributed by atoms with Crippen LogP contribution in [0.1, 0.15) is 45.4 Å². The van der Waals surface area contributed by atoms with E-state index in [0.717, 1.165) is 38.8 Å². The summed E-state index contributed by atoms with van der Waals surface area (Å²) in [6, 6.07) is 0.439. The van der Waals surface area contributed by atoms with Crippen molar-refractivity contribution in [3.63, 3.8) is 0 Å². The van der Waals surface area contributed by atoms with Crippen molar-refractivity contribution in [1.82, 2.24) is 4.90 Å². The number of ether oxygens (including phenoxy) is 1. The molecule has 4 heteroatoms. The van der Waals surface area contributed by atoms with Crippen molar-refractivity contribution < 1.29 is 14.9 Å². The Balaban J connectivity index is 2.20. The number of hydrogen-bond donors (Lipinski definition) is 2. The molecule has 1 saturated heterocycles. The molecule has 1 aliphatic heterocycles. The van der Waals surface area contributed by atoms with E-state index in [4.69, 9.17) is 9.84 Å². The SMILES string of the molecule is CCCCOCC(O)CN1CCCCC1CCO. The summed E-state index contributed by atoms with van der Waals surface area (Å²) in [5, 5.41) is 19.0. The van der Waals surface area contributed by atoms with Crippen LogP contribution in [0.5, 0.6) is 0 Å². The molecule has 18 heavy (non-hydrogen) atoms. The van der Waals surface area contributed by atoms with Crippen LogP contribution in [0.15, 0.2) is 0 Å². The second kappa shape index (κ2) is 9.73. The molecule has 0 spiro atoms. The van der Waals surface area contributed by atoms with Crippen LogP contribution >= 0.6 is 0 Å². The highest BCUT2D eigenvalue weighted by atomic mass is 16.5. The zero-order valence-electron chi connectivity index (χ0n) is 11.7. The van der Waals surface area contributed by atoms with E-state index in [1.165, 1.54) is 12.8 Å². The maximum Gasteiger partial charge on any atom is 0.0900 e. The van der Waals surface area contributed by atoms with Gasteiger partial charge in [0.15, 0.2) is 0 Å². The Morgan fingerprint density at radius 3 is 2.94 bits per heavy atom. The monoisotopic (exact) mass is 259 g/mol. The third-order valence-electron chi connectivity index (χ3n) is 3.61. The lowest BCUT2D eigenvalue weighted by Crippen LogP contribution is -2.45. The number of unbranched alkanes of at least 4 members (excludes halogenated alkanes) is 1. The molecule has 1 fully saturated rings. The molecule has 0 aliphatic carbocycles. The molecule has 1 rings (SSSR count). The highest BCUT2D eigenvalue weighted by Crippen LogP contribution is 2.19. The molecule has 2 atom stereocenters. The first-order valence-corrected chi connectivity index (χ1v) is 7.38. The van der Waals surface area contributed by atoms with Gasteiger partial charge in [-0.05, 0) is 32.2 Å². The number of aliphatic hydroxyl groups is 2. The van der Waals surface area contributed by atoms with Crippen LogP contribution in [0.4, 0.5) is 0 Å². The minimum atomic E-state index is -0.402. The molecular weight excluding hydrogens is 230 g/mol. The number of aliphatic hydroxyl groups excluding tert-OH is 2. The molecule has 108 valence electrons. The number of β-amino-alcohol motifs (C(OH)–C–C–N with tert-alkyl or cyclic N) is 1. The summed E-state index contributed by atoms with van der Waals surface area (Å²) in [6.45, 7) is 5.26. The first kappa shape index (κ1) is 15.9. The fraction of sp³-hybridized carbons (Fsp3) is 1.00. The first-order valence-electron chi connectivity index (χ1n) is 7.38. The van der Waals surface area contributed by atoms with Gasteiger partial charge >= 0.3 is 0 Å². The quantitative estimate of drug-likeness (QED) is 0.615. The Kier molecular flexibility index (Phi) is 8.59. The van der Waals surface area contributed by atoms with Crippen LogP contribution in [0.25, 0.3) is 0 Å². The summed E-state index contributed by atoms with van der Waals surface area (Å²) in [7, 11) is 0. The average molecular weight is 259 g/mol. The van der Waals surface area contributed by atoms with Crippen LogP contribution in [0.3, 0.4) is 0 Å². The van der Waals surface area contributed by atoms with Gasteiger partial charge in [-0.25, -0.2) is 0 Å². The van der Waals surface area contributed by atoms with Crippen molar-refractivity contribution in [2.45, 2.75) is 57.6 Å². The molecule has 0 aromatic heterocycles. The molecule has 0 aromatic carbocycles. The summed E-state index contributed by atoms with van der Waals surface area (Å²) < 4.78 is 5.45. The van der Waals surface area contributed by atoms with Crippen molar-refractivity contribution in [2.24, 2.45) is 0 Å². The Morgan fingerprint density at radius 2 is 2.22 bits per heavy atom. The lowest BCUT2D eigenvalue weighted by Gasteiger charge is -2.36. The second-order valence-electron chi connectivity index (χ2n) is 5.24. The molecule has 2 N–H and O–H groups in total. The van der Waals surface area contributed by atoms with Gasteiger partial charge in [-0.2, -0.15) is 0 Å². The van der Waals surface area contributed by atoms with Crippen LogP contribution in [0, 0.1) is 0 Å². The molecule has 0 saturated carbocycles. The Labute approximate surface area is 111 Å². The van der Waals surface area contributed by atoms with Gasteiger partial charge in [0, 0.05) is 25.8 Å². The van der Waals surface area contributed by atoms with E-state index in [1.807, 2.05) is 0 Å². The van der Waals surface area contributed by atoms with Gasteiger partial charge in [-0.1, -0.05) is 19.8 Å². The number of rotatable bonds is 9. The summed E-state index contributed by atoms with van der Waals surface area (Å²) in [5.74, 6) is 0. The van der Waals surface area contributed by atoms with Crippen molar-refractivity contribution in [3.8, 4) is 0 Å². The summed E-state index contributed by atoms with van der Waals surface area (Å²) in [6.07, 6.45) is 6.19. The zero-order chi connectivity index (χ0) is 13.2. The number of likely N-dealkylation sites (tertiary alicyclic amines) is 1. The third kappa shape index (κ3) is 6.14. The number of hydrogen-bond acceptors (Lipinski definition) is 4. The van der Waals surface area contributed by atoms with E-state index in [1.54, 1.807) is 0 Å². The molecule has 0 aromatic rings. The van der Waals surface area contributed by atoms with Crippen molar-refractivity contribution >= 4 is 0 Å². The van der Waals surface area contributed by atoms with Gasteiger partial charge in [-0.3, -0.25) is 4.90 Å². The molecule has 1 heterocycles. The number of piperidine rings is 1. The molecule has 0 bridgehead atoms. The Hall–Kier alpha value is -0.160. The summed E-state index contributed by atoms with van der Waals surface area (Å²) in [5.41, 5.74) is 0. The average Bonchev–Trinajstić information content (AvgIpc) is 2.37. The number of nitrogens with zero attached hydrogens (tertiary/aromatic N) is 1. The molecule has 2 unspecified atom stereocenters. The fourth-order valence-corrected chi connectivity index (χ4v) is 2.57. The van der Waals surface area contributed by atoms with E-state index >= 15 is 0 Å². The normalized spacial score (nSPS) is 23.2. The standard InChI is InChI=1S/C14H29NO3/c1-2-3-10-18-12-14(17)11-15-8-5-4-6-13(15)7-9-16/h13-14,16-17H,2-12H2,1H3. The summed E-state index contributed by atoms with van der Waals surface area (Å²) in [4.78, 5) is 2.31. The van der Waals surface area contributed by atoms with Gasteiger partial charge in [0.05, 0.1) is 12.7 Å². The van der Waals surface area contributed by atoms with E-state index in [2.05, 4.69) is 11.8 Å². The van der Waals surface area contributed by atoms with E-state index in [-0.39, 0.29) is 6.61 Å². The van der Waals surface area contributed by atoms with Crippen LogP contribution < -0.4 is 0 Å². The maximum atomic E-state index is 9.96. The topological polar surface area (TPSA) is 52.9 Å². The van der Waals surface area contributed by atoms with E-state index < -0.39 is 6.10 Å². The minimum Gasteiger partial charge on any atom is -0.396 e. The lowest BCUT2D eigenvalue weighted by molar-refractivity contribution is -0.00146. The molecule has 0 amide bonds. The van der Waals surface area contributed by atoms with Gasteiger partial charge < -0.3 is 14.9 Å².